The fourth-order valence-electron chi connectivity index (χ4n) is 3.84. The SMILES string of the molecule is CC(C)OC(=O)Nc1ccc(-c2ccc(S(=O)(=O)Cl)cc2)cc1.CC(C)OC(=O)Nc1ccc(-c2ccc(S(=O)(=O)[O-])cc2)cc1.[Na+]. The molecule has 15 heteroatoms. The summed E-state index contributed by atoms with van der Waals surface area (Å²) >= 11 is 0. The van der Waals surface area contributed by atoms with Gasteiger partial charge in [0.1, 0.15) is 10.1 Å². The minimum atomic E-state index is -4.44. The molecule has 244 valence electrons. The number of benzene rings is 4. The van der Waals surface area contributed by atoms with E-state index in [1.54, 1.807) is 88.4 Å². The van der Waals surface area contributed by atoms with E-state index in [0.717, 1.165) is 22.3 Å². The van der Waals surface area contributed by atoms with Gasteiger partial charge in [-0.25, -0.2) is 26.4 Å². The number of ether oxygens (including phenoxy) is 2. The average Bonchev–Trinajstić information content (AvgIpc) is 2.97. The number of carbonyl (C=O) groups excluding carboxylic acids is 2. The molecule has 0 spiro atoms. The molecule has 0 aliphatic rings. The van der Waals surface area contributed by atoms with E-state index >= 15 is 0 Å². The number of hydrogen-bond donors (Lipinski definition) is 2. The number of carbonyl (C=O) groups is 2. The van der Waals surface area contributed by atoms with Crippen LogP contribution in [0.3, 0.4) is 0 Å². The van der Waals surface area contributed by atoms with Gasteiger partial charge in [0.05, 0.1) is 22.0 Å². The van der Waals surface area contributed by atoms with Crippen molar-refractivity contribution in [2.24, 2.45) is 0 Å². The Balaban J connectivity index is 0.000000320. The molecule has 0 atom stereocenters. The van der Waals surface area contributed by atoms with E-state index in [0.29, 0.717) is 11.4 Å². The van der Waals surface area contributed by atoms with Crippen LogP contribution >= 0.6 is 10.7 Å². The molecule has 4 aromatic carbocycles. The maximum absolute atomic E-state index is 11.5. The molecule has 0 unspecified atom stereocenters. The first kappa shape index (κ1) is 39.7. The predicted octanol–water partition coefficient (Wildman–Crippen LogP) is 4.46. The molecule has 0 aliphatic carbocycles. The second kappa shape index (κ2) is 17.6. The number of amides is 2. The maximum atomic E-state index is 11.5. The molecule has 4 rings (SSSR count). The van der Waals surface area contributed by atoms with Gasteiger partial charge in [-0.2, -0.15) is 0 Å². The van der Waals surface area contributed by atoms with E-state index in [4.69, 9.17) is 20.2 Å². The minimum absolute atomic E-state index is 0. The summed E-state index contributed by atoms with van der Waals surface area (Å²) in [5.74, 6) is 0. The van der Waals surface area contributed by atoms with E-state index < -0.39 is 31.4 Å². The van der Waals surface area contributed by atoms with Crippen LogP contribution in [-0.4, -0.2) is 45.8 Å². The smallest absolute Gasteiger partial charge is 0.744 e. The Morgan fingerprint density at radius 3 is 1.11 bits per heavy atom. The molecule has 0 fully saturated rings. The normalized spacial score (nSPS) is 11.1. The van der Waals surface area contributed by atoms with E-state index in [1.807, 2.05) is 12.1 Å². The van der Waals surface area contributed by atoms with E-state index in [-0.39, 0.29) is 51.6 Å². The molecule has 47 heavy (non-hydrogen) atoms. The van der Waals surface area contributed by atoms with Gasteiger partial charge in [0.2, 0.25) is 0 Å². The third-order valence-corrected chi connectivity index (χ3v) is 8.11. The van der Waals surface area contributed by atoms with Crippen LogP contribution < -0.4 is 40.2 Å². The van der Waals surface area contributed by atoms with Crippen molar-refractivity contribution in [2.75, 3.05) is 10.6 Å². The molecular formula is C32H32ClN2NaO9S2. The molecule has 0 saturated heterocycles. The molecule has 0 saturated carbocycles. The Labute approximate surface area is 301 Å². The Bertz CT molecular complexity index is 1710. The molecule has 11 nitrogen and oxygen atoms in total. The van der Waals surface area contributed by atoms with Crippen LogP contribution in [0, 0.1) is 0 Å². The third kappa shape index (κ3) is 13.3. The van der Waals surface area contributed by atoms with Crippen LogP contribution in [0.25, 0.3) is 22.3 Å². The Hall–Kier alpha value is -3.43. The molecular weight excluding hydrogens is 679 g/mol. The molecule has 4 aromatic rings. The van der Waals surface area contributed by atoms with E-state index in [2.05, 4.69) is 10.6 Å². The second-order valence-corrected chi connectivity index (χ2v) is 14.2. The van der Waals surface area contributed by atoms with Crippen molar-refractivity contribution in [3.63, 3.8) is 0 Å². The van der Waals surface area contributed by atoms with Gasteiger partial charge in [0.15, 0.2) is 0 Å². The number of nitrogens with one attached hydrogen (secondary N) is 2. The van der Waals surface area contributed by atoms with Gasteiger partial charge >= 0.3 is 41.7 Å². The van der Waals surface area contributed by atoms with E-state index in [9.17, 15) is 31.0 Å². The zero-order chi connectivity index (χ0) is 34.1. The van der Waals surface area contributed by atoms with Crippen molar-refractivity contribution in [3.8, 4) is 22.3 Å². The first-order valence-electron chi connectivity index (χ1n) is 13.8. The first-order valence-corrected chi connectivity index (χ1v) is 17.5. The van der Waals surface area contributed by atoms with Gasteiger partial charge in [-0.05, 0) is 98.5 Å². The summed E-state index contributed by atoms with van der Waals surface area (Å²) in [4.78, 5) is 22.8. The van der Waals surface area contributed by atoms with Gasteiger partial charge in [-0.1, -0.05) is 48.5 Å². The summed E-state index contributed by atoms with van der Waals surface area (Å²) in [6, 6.07) is 25.9. The second-order valence-electron chi connectivity index (χ2n) is 10.3. The minimum Gasteiger partial charge on any atom is -0.744 e. The molecule has 0 bridgehead atoms. The van der Waals surface area contributed by atoms with Crippen molar-refractivity contribution in [2.45, 2.75) is 49.7 Å². The van der Waals surface area contributed by atoms with Crippen LogP contribution in [-0.2, 0) is 28.6 Å². The van der Waals surface area contributed by atoms with Crippen LogP contribution in [0.15, 0.2) is 107 Å². The summed E-state index contributed by atoms with van der Waals surface area (Å²) < 4.78 is 65.1. The van der Waals surface area contributed by atoms with Crippen molar-refractivity contribution in [3.05, 3.63) is 97.1 Å². The Morgan fingerprint density at radius 2 is 0.851 bits per heavy atom. The van der Waals surface area contributed by atoms with Crippen LogP contribution in [0.1, 0.15) is 27.7 Å². The quantitative estimate of drug-likeness (QED) is 0.152. The Morgan fingerprint density at radius 1 is 0.574 bits per heavy atom. The van der Waals surface area contributed by atoms with Gasteiger partial charge in [0.25, 0.3) is 9.05 Å². The van der Waals surface area contributed by atoms with Gasteiger partial charge in [-0.15, -0.1) is 0 Å². The fourth-order valence-corrected chi connectivity index (χ4v) is 5.08. The monoisotopic (exact) mass is 710 g/mol. The molecule has 2 amide bonds. The zero-order valence-corrected chi connectivity index (χ0v) is 30.6. The van der Waals surface area contributed by atoms with Crippen LogP contribution in [0.5, 0.6) is 0 Å². The number of halogens is 1. The maximum Gasteiger partial charge on any atom is 1.00 e. The fraction of sp³-hybridized carbons (Fsp3) is 0.188. The average molecular weight is 711 g/mol. The Kier molecular flexibility index (Phi) is 14.9. The molecule has 0 aromatic heterocycles. The predicted molar refractivity (Wildman–Crippen MR) is 175 cm³/mol. The first-order chi connectivity index (χ1) is 21.5. The van der Waals surface area contributed by atoms with Crippen LogP contribution in [0.4, 0.5) is 21.0 Å². The van der Waals surface area contributed by atoms with Crippen LogP contribution in [0.2, 0.25) is 0 Å². The van der Waals surface area contributed by atoms with Gasteiger partial charge in [0, 0.05) is 22.1 Å². The van der Waals surface area contributed by atoms with E-state index in [1.165, 1.54) is 24.3 Å². The molecule has 0 aliphatic heterocycles. The van der Waals surface area contributed by atoms with Gasteiger partial charge < -0.3 is 14.0 Å². The largest absolute Gasteiger partial charge is 1.00 e. The molecule has 0 heterocycles. The molecule has 2 N–H and O–H groups in total. The van der Waals surface area contributed by atoms with Crippen molar-refractivity contribution in [1.29, 1.82) is 0 Å². The van der Waals surface area contributed by atoms with Crippen molar-refractivity contribution >= 4 is 53.4 Å². The summed E-state index contributed by atoms with van der Waals surface area (Å²) in [6.07, 6.45) is -1.43. The number of anilines is 2. The third-order valence-electron chi connectivity index (χ3n) is 5.89. The standard InChI is InChI=1S/C16H16ClNO4S.C16H17NO5S.Na/c1-11(2)22-16(19)18-14-7-3-12(4-8-14)13-5-9-15(10-6-13)23(17,20)21;1-11(2)22-16(18)17-14-7-3-12(4-8-14)13-5-9-15(10-6-13)23(19,20)21;/h3-11H,1-2H3,(H,18,19);3-11H,1-2H3,(H,17,18)(H,19,20,21);/q;;+1/p-1. The summed E-state index contributed by atoms with van der Waals surface area (Å²) in [5, 5.41) is 5.22. The van der Waals surface area contributed by atoms with Crippen molar-refractivity contribution in [1.82, 2.24) is 0 Å². The summed E-state index contributed by atoms with van der Waals surface area (Å²) in [5.41, 5.74) is 4.49. The number of rotatable bonds is 8. The van der Waals surface area contributed by atoms with Gasteiger partial charge in [-0.3, -0.25) is 10.6 Å². The topological polar surface area (TPSA) is 168 Å². The zero-order valence-electron chi connectivity index (χ0n) is 26.3. The number of hydrogen-bond acceptors (Lipinski definition) is 9. The summed E-state index contributed by atoms with van der Waals surface area (Å²) in [6.45, 7) is 7.06. The molecule has 0 radical (unpaired) electrons. The van der Waals surface area contributed by atoms with Crippen molar-refractivity contribution < 1.29 is 70.0 Å². The summed E-state index contributed by atoms with van der Waals surface area (Å²) in [7, 11) is -2.88.